The van der Waals surface area contributed by atoms with Gasteiger partial charge in [-0.05, 0) is 49.4 Å². The van der Waals surface area contributed by atoms with E-state index in [-0.39, 0.29) is 17.9 Å². The fourth-order valence-electron chi connectivity index (χ4n) is 3.46. The molecule has 2 aromatic carbocycles. The molecule has 30 heavy (non-hydrogen) atoms. The van der Waals surface area contributed by atoms with Gasteiger partial charge in [-0.15, -0.1) is 0 Å². The molecule has 0 saturated carbocycles. The van der Waals surface area contributed by atoms with E-state index in [1.807, 2.05) is 50.5 Å². The highest BCUT2D eigenvalue weighted by Crippen LogP contribution is 2.28. The molecule has 3 aromatic rings. The molecule has 0 aliphatic rings. The minimum atomic E-state index is -0.193. The summed E-state index contributed by atoms with van der Waals surface area (Å²) in [6.07, 6.45) is 5.16. The first-order valence-corrected chi connectivity index (χ1v) is 10.2. The fourth-order valence-corrected chi connectivity index (χ4v) is 3.46. The molecule has 2 N–H and O–H groups in total. The molecule has 2 atom stereocenters. The van der Waals surface area contributed by atoms with Crippen molar-refractivity contribution in [3.05, 3.63) is 107 Å². The maximum absolute atomic E-state index is 13.9. The smallest absolute Gasteiger partial charge is 0.126 e. The maximum Gasteiger partial charge on any atom is 0.126 e. The van der Waals surface area contributed by atoms with Crippen molar-refractivity contribution in [3.63, 3.8) is 0 Å². The second-order valence-electron chi connectivity index (χ2n) is 7.53. The molecule has 0 aliphatic heterocycles. The summed E-state index contributed by atoms with van der Waals surface area (Å²) in [5.74, 6) is -0.193. The fraction of sp³-hybridized carbons (Fsp3) is 0.280. The Morgan fingerprint density at radius 3 is 2.43 bits per heavy atom. The summed E-state index contributed by atoms with van der Waals surface area (Å²) in [7, 11) is 1.87. The van der Waals surface area contributed by atoms with Crippen LogP contribution in [0.15, 0.2) is 73.2 Å². The van der Waals surface area contributed by atoms with Crippen LogP contribution in [0.25, 0.3) is 0 Å². The van der Waals surface area contributed by atoms with Gasteiger partial charge >= 0.3 is 0 Å². The Hall–Kier alpha value is -3.05. The van der Waals surface area contributed by atoms with Gasteiger partial charge in [0.25, 0.3) is 0 Å². The van der Waals surface area contributed by atoms with Crippen molar-refractivity contribution in [2.75, 3.05) is 7.05 Å². The topological polar surface area (TPSA) is 49.8 Å². The number of hydrogen-bond donors (Lipinski definition) is 2. The molecule has 0 bridgehead atoms. The Labute approximate surface area is 178 Å². The van der Waals surface area contributed by atoms with E-state index in [0.29, 0.717) is 5.56 Å². The van der Waals surface area contributed by atoms with Gasteiger partial charge in [0.15, 0.2) is 0 Å². The van der Waals surface area contributed by atoms with Gasteiger partial charge in [-0.3, -0.25) is 15.3 Å². The predicted molar refractivity (Wildman–Crippen MR) is 119 cm³/mol. The highest BCUT2D eigenvalue weighted by atomic mass is 19.1. The Balaban J connectivity index is 1.89. The van der Waals surface area contributed by atoms with Crippen molar-refractivity contribution < 1.29 is 4.39 Å². The molecule has 0 saturated heterocycles. The summed E-state index contributed by atoms with van der Waals surface area (Å²) in [6.45, 7) is 7.92. The number of benzene rings is 2. The molecule has 4 nitrogen and oxygen atoms in total. The average molecular weight is 405 g/mol. The molecule has 0 radical (unpaired) electrons. The van der Waals surface area contributed by atoms with Crippen molar-refractivity contribution in [3.8, 4) is 0 Å². The molecule has 3 rings (SSSR count). The number of halogens is 1. The first-order chi connectivity index (χ1) is 14.5. The quantitative estimate of drug-likeness (QED) is 0.529. The van der Waals surface area contributed by atoms with Crippen LogP contribution in [0.5, 0.6) is 0 Å². The van der Waals surface area contributed by atoms with Gasteiger partial charge in [-0.2, -0.15) is 0 Å². The minimum Gasteiger partial charge on any atom is -0.390 e. The van der Waals surface area contributed by atoms with Gasteiger partial charge in [0.2, 0.25) is 0 Å². The standard InChI is InChI=1S/C25H29FN4/c1-17-14-21(10-12-23(17)26)24(13-11-22-16-28-18(2)15-29-22)30-25(19(3)27-4)20-8-6-5-7-9-20/h5-10,12,14-16,24-25,27,30H,3,11,13H2,1-2,4H3/t24-,25-/m0/s1. The van der Waals surface area contributed by atoms with Gasteiger partial charge in [-0.25, -0.2) is 4.39 Å². The van der Waals surface area contributed by atoms with Crippen molar-refractivity contribution in [2.45, 2.75) is 38.8 Å². The third kappa shape index (κ3) is 5.51. The van der Waals surface area contributed by atoms with Gasteiger partial charge < -0.3 is 5.32 Å². The molecular weight excluding hydrogens is 375 g/mol. The van der Waals surface area contributed by atoms with E-state index in [0.717, 1.165) is 41.1 Å². The zero-order valence-corrected chi connectivity index (χ0v) is 17.8. The van der Waals surface area contributed by atoms with Gasteiger partial charge in [-0.1, -0.05) is 49.0 Å². The van der Waals surface area contributed by atoms with E-state index >= 15 is 0 Å². The highest BCUT2D eigenvalue weighted by molar-refractivity contribution is 5.30. The number of hydrogen-bond acceptors (Lipinski definition) is 4. The Morgan fingerprint density at radius 1 is 1.03 bits per heavy atom. The zero-order chi connectivity index (χ0) is 21.5. The van der Waals surface area contributed by atoms with Crippen LogP contribution in [0.2, 0.25) is 0 Å². The van der Waals surface area contributed by atoms with Crippen molar-refractivity contribution in [1.29, 1.82) is 0 Å². The second kappa shape index (κ2) is 10.1. The molecule has 156 valence electrons. The number of rotatable bonds is 9. The Bertz CT molecular complexity index is 970. The summed E-state index contributed by atoms with van der Waals surface area (Å²) in [5, 5.41) is 6.91. The molecule has 0 aliphatic carbocycles. The van der Waals surface area contributed by atoms with E-state index in [2.05, 4.69) is 39.3 Å². The number of nitrogens with one attached hydrogen (secondary N) is 2. The molecule has 1 aromatic heterocycles. The van der Waals surface area contributed by atoms with Crippen LogP contribution >= 0.6 is 0 Å². The van der Waals surface area contributed by atoms with E-state index in [1.165, 1.54) is 6.07 Å². The number of nitrogens with zero attached hydrogens (tertiary/aromatic N) is 2. The monoisotopic (exact) mass is 404 g/mol. The van der Waals surface area contributed by atoms with E-state index in [4.69, 9.17) is 0 Å². The first kappa shape index (κ1) is 21.7. The molecule has 0 spiro atoms. The van der Waals surface area contributed by atoms with Crippen molar-refractivity contribution in [1.82, 2.24) is 20.6 Å². The predicted octanol–water partition coefficient (Wildman–Crippen LogP) is 4.97. The molecule has 0 unspecified atom stereocenters. The third-order valence-corrected chi connectivity index (χ3v) is 5.28. The number of likely N-dealkylation sites (N-methyl/N-ethyl adjacent to an activating group) is 1. The van der Waals surface area contributed by atoms with Crippen molar-refractivity contribution in [2.24, 2.45) is 0 Å². The van der Waals surface area contributed by atoms with Crippen LogP contribution in [0, 0.1) is 19.7 Å². The van der Waals surface area contributed by atoms with Gasteiger partial charge in [0.1, 0.15) is 5.82 Å². The van der Waals surface area contributed by atoms with Crippen LogP contribution in [0.3, 0.4) is 0 Å². The molecule has 0 amide bonds. The lowest BCUT2D eigenvalue weighted by Gasteiger charge is -2.28. The lowest BCUT2D eigenvalue weighted by atomic mass is 9.96. The van der Waals surface area contributed by atoms with Gasteiger partial charge in [0, 0.05) is 31.2 Å². The normalized spacial score (nSPS) is 12.9. The van der Waals surface area contributed by atoms with Crippen LogP contribution in [-0.4, -0.2) is 17.0 Å². The highest BCUT2D eigenvalue weighted by Gasteiger charge is 2.21. The zero-order valence-electron chi connectivity index (χ0n) is 17.8. The van der Waals surface area contributed by atoms with Crippen LogP contribution in [0.1, 0.15) is 46.6 Å². The number of aromatic nitrogens is 2. The SMILES string of the molecule is C=C(NC)[C@H](N[C@@H](CCc1cnc(C)cn1)c1ccc(F)c(C)c1)c1ccccc1. The lowest BCUT2D eigenvalue weighted by molar-refractivity contribution is 0.443. The van der Waals surface area contributed by atoms with Crippen molar-refractivity contribution >= 4 is 0 Å². The van der Waals surface area contributed by atoms with E-state index in [1.54, 1.807) is 13.1 Å². The van der Waals surface area contributed by atoms with Crippen LogP contribution in [-0.2, 0) is 6.42 Å². The summed E-state index contributed by atoms with van der Waals surface area (Å²) in [5.41, 5.74) is 5.51. The minimum absolute atomic E-state index is 0.0114. The molecule has 1 heterocycles. The summed E-state index contributed by atoms with van der Waals surface area (Å²) in [6, 6.07) is 15.4. The average Bonchev–Trinajstić information content (AvgIpc) is 2.77. The second-order valence-corrected chi connectivity index (χ2v) is 7.53. The summed E-state index contributed by atoms with van der Waals surface area (Å²) >= 11 is 0. The first-order valence-electron chi connectivity index (χ1n) is 10.2. The Morgan fingerprint density at radius 2 is 1.80 bits per heavy atom. The summed E-state index contributed by atoms with van der Waals surface area (Å²) < 4.78 is 13.9. The third-order valence-electron chi connectivity index (χ3n) is 5.28. The molecule has 5 heteroatoms. The van der Waals surface area contributed by atoms with E-state index < -0.39 is 0 Å². The maximum atomic E-state index is 13.9. The largest absolute Gasteiger partial charge is 0.390 e. The number of aryl methyl sites for hydroxylation is 3. The van der Waals surface area contributed by atoms with Crippen LogP contribution < -0.4 is 10.6 Å². The Kier molecular flexibility index (Phi) is 7.31. The lowest BCUT2D eigenvalue weighted by Crippen LogP contribution is -2.31. The summed E-state index contributed by atoms with van der Waals surface area (Å²) in [4.78, 5) is 8.83. The van der Waals surface area contributed by atoms with Crippen LogP contribution in [0.4, 0.5) is 4.39 Å². The van der Waals surface area contributed by atoms with E-state index in [9.17, 15) is 4.39 Å². The molecular formula is C25H29FN4. The van der Waals surface area contributed by atoms with Gasteiger partial charge in [0.05, 0.1) is 17.4 Å². The molecule has 0 fully saturated rings.